The molecule has 0 aliphatic rings. The smallest absolute Gasteiger partial charge is 0.295 e. The van der Waals surface area contributed by atoms with E-state index in [1.54, 1.807) is 41.1 Å². The Kier molecular flexibility index (Phi) is 5.34. The molecule has 0 spiro atoms. The maximum atomic E-state index is 12.8. The van der Waals surface area contributed by atoms with Crippen LogP contribution < -0.4 is 5.32 Å². The first kappa shape index (κ1) is 19.2. The molecule has 1 heterocycles. The number of halogens is 2. The molecule has 0 aliphatic heterocycles. The normalized spacial score (nSPS) is 10.7. The summed E-state index contributed by atoms with van der Waals surface area (Å²) in [6.45, 7) is 1.98. The maximum absolute atomic E-state index is 12.8. The van der Waals surface area contributed by atoms with E-state index in [0.29, 0.717) is 21.6 Å². The van der Waals surface area contributed by atoms with Gasteiger partial charge < -0.3 is 5.32 Å². The van der Waals surface area contributed by atoms with Crippen molar-refractivity contribution in [2.24, 2.45) is 0 Å². The molecule has 0 unspecified atom stereocenters. The number of rotatable bonds is 4. The number of aromatic nitrogens is 3. The fourth-order valence-electron chi connectivity index (χ4n) is 2.91. The van der Waals surface area contributed by atoms with E-state index in [1.807, 2.05) is 43.3 Å². The van der Waals surface area contributed by atoms with Crippen LogP contribution in [0, 0.1) is 6.92 Å². The molecule has 0 saturated heterocycles. The van der Waals surface area contributed by atoms with Crippen molar-refractivity contribution in [2.45, 2.75) is 6.92 Å². The van der Waals surface area contributed by atoms with Crippen LogP contribution in [-0.4, -0.2) is 20.7 Å². The zero-order valence-electron chi connectivity index (χ0n) is 15.4. The summed E-state index contributed by atoms with van der Waals surface area (Å²) in [6, 6.07) is 21.9. The molecule has 144 valence electrons. The van der Waals surface area contributed by atoms with Gasteiger partial charge in [-0.3, -0.25) is 4.79 Å². The third-order valence-electron chi connectivity index (χ3n) is 4.34. The molecule has 29 heavy (non-hydrogen) atoms. The third kappa shape index (κ3) is 4.16. The largest absolute Gasteiger partial charge is 0.319 e. The molecule has 1 aromatic heterocycles. The van der Waals surface area contributed by atoms with Crippen molar-refractivity contribution in [2.75, 3.05) is 5.32 Å². The number of hydrogen-bond acceptors (Lipinski definition) is 3. The summed E-state index contributed by atoms with van der Waals surface area (Å²) in [7, 11) is 0. The van der Waals surface area contributed by atoms with Gasteiger partial charge in [-0.1, -0.05) is 53.5 Å². The van der Waals surface area contributed by atoms with Gasteiger partial charge in [0.15, 0.2) is 5.82 Å². The van der Waals surface area contributed by atoms with Crippen LogP contribution in [0.2, 0.25) is 10.0 Å². The summed E-state index contributed by atoms with van der Waals surface area (Å²) < 4.78 is 1.66. The van der Waals surface area contributed by atoms with E-state index >= 15 is 0 Å². The van der Waals surface area contributed by atoms with Crippen LogP contribution in [0.3, 0.4) is 0 Å². The number of nitrogens with one attached hydrogen (secondary N) is 1. The second kappa shape index (κ2) is 8.07. The molecular formula is C22H16Cl2N4O. The Hall–Kier alpha value is -3.15. The highest BCUT2D eigenvalue weighted by Gasteiger charge is 2.20. The molecule has 0 saturated carbocycles. The summed E-state index contributed by atoms with van der Waals surface area (Å²) in [6.07, 6.45) is 0. The van der Waals surface area contributed by atoms with Crippen LogP contribution in [-0.2, 0) is 0 Å². The van der Waals surface area contributed by atoms with E-state index in [2.05, 4.69) is 15.4 Å². The van der Waals surface area contributed by atoms with E-state index in [-0.39, 0.29) is 5.82 Å². The number of anilines is 1. The fraction of sp³-hybridized carbons (Fsp3) is 0.0455. The summed E-state index contributed by atoms with van der Waals surface area (Å²) >= 11 is 12.1. The molecule has 1 amide bonds. The zero-order valence-corrected chi connectivity index (χ0v) is 16.9. The molecule has 7 heteroatoms. The monoisotopic (exact) mass is 422 g/mol. The Balaban J connectivity index is 1.78. The molecule has 4 rings (SSSR count). The average molecular weight is 423 g/mol. The highest BCUT2D eigenvalue weighted by atomic mass is 35.5. The minimum absolute atomic E-state index is 0.0539. The Morgan fingerprint density at radius 1 is 0.931 bits per heavy atom. The molecule has 0 aliphatic carbocycles. The first-order valence-electron chi connectivity index (χ1n) is 8.87. The van der Waals surface area contributed by atoms with E-state index in [0.717, 1.165) is 16.8 Å². The Labute approximate surface area is 177 Å². The van der Waals surface area contributed by atoms with Crippen molar-refractivity contribution < 1.29 is 4.79 Å². The number of amides is 1. The van der Waals surface area contributed by atoms with E-state index in [9.17, 15) is 4.79 Å². The topological polar surface area (TPSA) is 59.8 Å². The number of benzene rings is 3. The number of nitrogens with zero attached hydrogens (tertiary/aromatic N) is 3. The number of aryl methyl sites for hydroxylation is 1. The first-order chi connectivity index (χ1) is 14.0. The molecule has 4 aromatic rings. The zero-order chi connectivity index (χ0) is 20.4. The second-order valence-electron chi connectivity index (χ2n) is 6.43. The third-order valence-corrected chi connectivity index (χ3v) is 4.83. The van der Waals surface area contributed by atoms with Crippen LogP contribution in [0.25, 0.3) is 17.1 Å². The molecule has 3 aromatic carbocycles. The second-order valence-corrected chi connectivity index (χ2v) is 7.30. The van der Waals surface area contributed by atoms with Crippen LogP contribution in [0.15, 0.2) is 72.8 Å². The van der Waals surface area contributed by atoms with Crippen LogP contribution in [0.5, 0.6) is 0 Å². The Morgan fingerprint density at radius 2 is 1.69 bits per heavy atom. The summed E-state index contributed by atoms with van der Waals surface area (Å²) in [5.74, 6) is 0.171. The number of carbonyl (C=O) groups is 1. The minimum atomic E-state index is -0.414. The van der Waals surface area contributed by atoms with Gasteiger partial charge in [0.05, 0.1) is 5.69 Å². The SMILES string of the molecule is Cc1ccccc1-n1nc(C(=O)Nc2ccc(Cl)cc2)nc1-c1cccc(Cl)c1. The summed E-state index contributed by atoms with van der Waals surface area (Å²) in [4.78, 5) is 17.3. The highest BCUT2D eigenvalue weighted by molar-refractivity contribution is 6.31. The lowest BCUT2D eigenvalue weighted by atomic mass is 10.2. The van der Waals surface area contributed by atoms with Gasteiger partial charge >= 0.3 is 0 Å². The predicted molar refractivity (Wildman–Crippen MR) is 116 cm³/mol. The lowest BCUT2D eigenvalue weighted by Gasteiger charge is -2.08. The van der Waals surface area contributed by atoms with Crippen molar-refractivity contribution in [3.63, 3.8) is 0 Å². The van der Waals surface area contributed by atoms with Crippen molar-refractivity contribution in [3.05, 3.63) is 94.2 Å². The van der Waals surface area contributed by atoms with Crippen molar-refractivity contribution in [1.29, 1.82) is 0 Å². The quantitative estimate of drug-likeness (QED) is 0.451. The Bertz CT molecular complexity index is 1190. The van der Waals surface area contributed by atoms with Gasteiger partial charge in [0.25, 0.3) is 5.91 Å². The van der Waals surface area contributed by atoms with Crippen LogP contribution in [0.4, 0.5) is 5.69 Å². The lowest BCUT2D eigenvalue weighted by molar-refractivity contribution is 0.101. The van der Waals surface area contributed by atoms with Gasteiger partial charge in [0.1, 0.15) is 0 Å². The number of carbonyl (C=O) groups excluding carboxylic acids is 1. The first-order valence-corrected chi connectivity index (χ1v) is 9.63. The molecule has 1 N–H and O–H groups in total. The van der Waals surface area contributed by atoms with Gasteiger partial charge in [-0.05, 0) is 55.0 Å². The van der Waals surface area contributed by atoms with Crippen LogP contribution >= 0.6 is 23.2 Å². The highest BCUT2D eigenvalue weighted by Crippen LogP contribution is 2.25. The van der Waals surface area contributed by atoms with Gasteiger partial charge in [-0.15, -0.1) is 5.10 Å². The van der Waals surface area contributed by atoms with Gasteiger partial charge in [0.2, 0.25) is 5.82 Å². The van der Waals surface area contributed by atoms with Crippen molar-refractivity contribution in [3.8, 4) is 17.1 Å². The van der Waals surface area contributed by atoms with E-state index < -0.39 is 5.91 Å². The molecule has 5 nitrogen and oxygen atoms in total. The Morgan fingerprint density at radius 3 is 2.41 bits per heavy atom. The van der Waals surface area contributed by atoms with Crippen molar-refractivity contribution in [1.82, 2.24) is 14.8 Å². The standard InChI is InChI=1S/C22H16Cl2N4O/c1-14-5-2-3-8-19(14)28-21(15-6-4-7-17(24)13-15)26-20(27-28)22(29)25-18-11-9-16(23)10-12-18/h2-13H,1H3,(H,25,29). The molecular weight excluding hydrogens is 407 g/mol. The summed E-state index contributed by atoms with van der Waals surface area (Å²) in [5.41, 5.74) is 3.21. The van der Waals surface area contributed by atoms with E-state index in [1.165, 1.54) is 0 Å². The molecule has 0 atom stereocenters. The fourth-order valence-corrected chi connectivity index (χ4v) is 3.23. The van der Waals surface area contributed by atoms with Gasteiger partial charge in [-0.2, -0.15) is 0 Å². The minimum Gasteiger partial charge on any atom is -0.319 e. The van der Waals surface area contributed by atoms with Crippen LogP contribution in [0.1, 0.15) is 16.2 Å². The average Bonchev–Trinajstić information content (AvgIpc) is 3.15. The molecule has 0 radical (unpaired) electrons. The van der Waals surface area contributed by atoms with Gasteiger partial charge in [0, 0.05) is 21.3 Å². The summed E-state index contributed by atoms with van der Waals surface area (Å²) in [5, 5.41) is 8.45. The van der Waals surface area contributed by atoms with Gasteiger partial charge in [-0.25, -0.2) is 9.67 Å². The van der Waals surface area contributed by atoms with Crippen molar-refractivity contribution >= 4 is 34.8 Å². The number of hydrogen-bond donors (Lipinski definition) is 1. The van der Waals surface area contributed by atoms with E-state index in [4.69, 9.17) is 23.2 Å². The molecule has 0 fully saturated rings. The predicted octanol–water partition coefficient (Wildman–Crippen LogP) is 5.80. The molecule has 0 bridgehead atoms. The maximum Gasteiger partial charge on any atom is 0.295 e. The lowest BCUT2D eigenvalue weighted by Crippen LogP contribution is -2.14. The number of para-hydroxylation sites is 1.